The number of carbonyl (C=O) groups is 3. The number of nitrogens with one attached hydrogen (secondary N) is 1. The van der Waals surface area contributed by atoms with Gasteiger partial charge >= 0.3 is 0 Å². The Morgan fingerprint density at radius 1 is 1.26 bits per heavy atom. The lowest BCUT2D eigenvalue weighted by Gasteiger charge is -2.12. The molecule has 0 spiro atoms. The summed E-state index contributed by atoms with van der Waals surface area (Å²) in [6.45, 7) is 0.752. The van der Waals surface area contributed by atoms with E-state index in [1.165, 1.54) is 28.4 Å². The number of anilines is 1. The van der Waals surface area contributed by atoms with Crippen LogP contribution < -0.4 is 5.32 Å². The van der Waals surface area contributed by atoms with E-state index < -0.39 is 0 Å². The minimum absolute atomic E-state index is 0.251. The first-order chi connectivity index (χ1) is 13.1. The maximum atomic E-state index is 12.5. The van der Waals surface area contributed by atoms with E-state index in [4.69, 9.17) is 4.74 Å². The number of aromatic nitrogens is 2. The van der Waals surface area contributed by atoms with Crippen LogP contribution in [0.15, 0.2) is 18.2 Å². The average molecular weight is 386 g/mol. The fourth-order valence-corrected chi connectivity index (χ4v) is 3.86. The van der Waals surface area contributed by atoms with Gasteiger partial charge in [0.25, 0.3) is 17.7 Å². The number of hydrogen-bond acceptors (Lipinski definition) is 7. The Morgan fingerprint density at radius 3 is 2.78 bits per heavy atom. The molecule has 0 radical (unpaired) electrons. The van der Waals surface area contributed by atoms with E-state index in [9.17, 15) is 14.4 Å². The van der Waals surface area contributed by atoms with Gasteiger partial charge < -0.3 is 4.74 Å². The lowest BCUT2D eigenvalue weighted by Crippen LogP contribution is -2.31. The smallest absolute Gasteiger partial charge is 0.261 e. The van der Waals surface area contributed by atoms with Crippen LogP contribution >= 0.6 is 11.3 Å². The molecule has 2 aromatic rings. The van der Waals surface area contributed by atoms with E-state index >= 15 is 0 Å². The molecule has 8 nitrogen and oxygen atoms in total. The van der Waals surface area contributed by atoms with Crippen molar-refractivity contribution in [1.29, 1.82) is 0 Å². The first-order valence-electron chi connectivity index (χ1n) is 8.72. The summed E-state index contributed by atoms with van der Waals surface area (Å²) in [5.74, 6) is -0.626. The SMILES string of the molecule is COCCCN1C(=O)c2ccc(C(=O)Nc3nnc(C4CC4)s3)cc2C1=O. The molecule has 4 rings (SSSR count). The second-order valence-corrected chi connectivity index (χ2v) is 7.55. The summed E-state index contributed by atoms with van der Waals surface area (Å²) in [4.78, 5) is 38.6. The van der Waals surface area contributed by atoms with E-state index in [0.717, 1.165) is 17.8 Å². The lowest BCUT2D eigenvalue weighted by atomic mass is 10.1. The van der Waals surface area contributed by atoms with E-state index in [1.54, 1.807) is 13.2 Å². The fourth-order valence-electron chi connectivity index (χ4n) is 2.95. The Bertz CT molecular complexity index is 922. The number of benzene rings is 1. The summed E-state index contributed by atoms with van der Waals surface area (Å²) in [5, 5.41) is 12.2. The normalized spacial score (nSPS) is 16.0. The van der Waals surface area contributed by atoms with Gasteiger partial charge in [-0.05, 0) is 37.5 Å². The highest BCUT2D eigenvalue weighted by Crippen LogP contribution is 2.42. The van der Waals surface area contributed by atoms with Crippen LogP contribution in [0, 0.1) is 0 Å². The van der Waals surface area contributed by atoms with E-state index in [2.05, 4.69) is 15.5 Å². The number of amides is 3. The predicted molar refractivity (Wildman–Crippen MR) is 98.1 cm³/mol. The molecule has 3 amide bonds. The zero-order chi connectivity index (χ0) is 19.0. The first-order valence-corrected chi connectivity index (χ1v) is 9.54. The Balaban J connectivity index is 1.48. The second kappa shape index (κ2) is 7.16. The summed E-state index contributed by atoms with van der Waals surface area (Å²) in [5.41, 5.74) is 0.874. The van der Waals surface area contributed by atoms with Gasteiger partial charge in [-0.2, -0.15) is 0 Å². The van der Waals surface area contributed by atoms with Gasteiger partial charge in [-0.1, -0.05) is 11.3 Å². The third-order valence-electron chi connectivity index (χ3n) is 4.55. The van der Waals surface area contributed by atoms with Gasteiger partial charge in [-0.3, -0.25) is 24.6 Å². The van der Waals surface area contributed by atoms with Crippen molar-refractivity contribution in [3.63, 3.8) is 0 Å². The van der Waals surface area contributed by atoms with Crippen molar-refractivity contribution in [3.8, 4) is 0 Å². The molecule has 1 saturated carbocycles. The second-order valence-electron chi connectivity index (χ2n) is 6.54. The Labute approximate surface area is 159 Å². The number of hydrogen-bond donors (Lipinski definition) is 1. The van der Waals surface area contributed by atoms with Crippen LogP contribution in [0.4, 0.5) is 5.13 Å². The van der Waals surface area contributed by atoms with Crippen molar-refractivity contribution in [2.24, 2.45) is 0 Å². The minimum atomic E-state index is -0.382. The van der Waals surface area contributed by atoms with Crippen LogP contribution in [0.5, 0.6) is 0 Å². The molecule has 0 saturated heterocycles. The standard InChI is InChI=1S/C18H18N4O4S/c1-26-8-2-7-22-16(24)12-6-5-11(9-13(12)17(22)25)14(23)19-18-21-20-15(27-18)10-3-4-10/h5-6,9-10H,2-4,7-8H2,1H3,(H,19,21,23). The van der Waals surface area contributed by atoms with Crippen LogP contribution in [0.1, 0.15) is 61.3 Å². The molecule has 0 bridgehead atoms. The molecule has 1 fully saturated rings. The molecular formula is C18H18N4O4S. The minimum Gasteiger partial charge on any atom is -0.385 e. The Kier molecular flexibility index (Phi) is 4.71. The Morgan fingerprint density at radius 2 is 2.04 bits per heavy atom. The molecule has 1 aliphatic carbocycles. The molecule has 0 atom stereocenters. The average Bonchev–Trinajstić information content (AvgIpc) is 3.38. The van der Waals surface area contributed by atoms with Crippen molar-refractivity contribution in [2.75, 3.05) is 25.6 Å². The zero-order valence-electron chi connectivity index (χ0n) is 14.7. The van der Waals surface area contributed by atoms with Gasteiger partial charge in [0.1, 0.15) is 5.01 Å². The first kappa shape index (κ1) is 17.7. The highest BCUT2D eigenvalue weighted by Gasteiger charge is 2.35. The van der Waals surface area contributed by atoms with Crippen LogP contribution in [0.3, 0.4) is 0 Å². The molecule has 2 heterocycles. The molecule has 27 heavy (non-hydrogen) atoms. The number of fused-ring (bicyclic) bond motifs is 1. The van der Waals surface area contributed by atoms with Gasteiger partial charge in [0.15, 0.2) is 0 Å². The molecule has 1 aliphatic heterocycles. The quantitative estimate of drug-likeness (QED) is 0.579. The summed E-state index contributed by atoms with van der Waals surface area (Å²) in [6, 6.07) is 4.53. The lowest BCUT2D eigenvalue weighted by molar-refractivity contribution is 0.0638. The third kappa shape index (κ3) is 3.47. The van der Waals surface area contributed by atoms with E-state index in [1.807, 2.05) is 0 Å². The molecule has 1 aromatic heterocycles. The predicted octanol–water partition coefficient (Wildman–Crippen LogP) is 2.30. The van der Waals surface area contributed by atoms with Crippen LogP contribution in [-0.4, -0.2) is 53.1 Å². The molecule has 0 unspecified atom stereocenters. The number of nitrogens with zero attached hydrogens (tertiary/aromatic N) is 3. The number of imide groups is 1. The van der Waals surface area contributed by atoms with Crippen LogP contribution in [0.2, 0.25) is 0 Å². The summed E-state index contributed by atoms with van der Waals surface area (Å²) in [6.07, 6.45) is 2.80. The fraction of sp³-hybridized carbons (Fsp3) is 0.389. The Hall–Kier alpha value is -2.65. The van der Waals surface area contributed by atoms with Gasteiger partial charge in [0.05, 0.1) is 11.1 Å². The van der Waals surface area contributed by atoms with Crippen LogP contribution in [0.25, 0.3) is 0 Å². The summed E-state index contributed by atoms with van der Waals surface area (Å²) >= 11 is 1.37. The highest BCUT2D eigenvalue weighted by atomic mass is 32.1. The number of rotatable bonds is 7. The van der Waals surface area contributed by atoms with Crippen molar-refractivity contribution >= 4 is 34.2 Å². The maximum Gasteiger partial charge on any atom is 0.261 e. The molecule has 1 N–H and O–H groups in total. The van der Waals surface area contributed by atoms with E-state index in [-0.39, 0.29) is 29.8 Å². The molecule has 9 heteroatoms. The number of ether oxygens (including phenoxy) is 1. The summed E-state index contributed by atoms with van der Waals surface area (Å²) < 4.78 is 4.96. The van der Waals surface area contributed by atoms with Crippen molar-refractivity contribution in [2.45, 2.75) is 25.2 Å². The van der Waals surface area contributed by atoms with Crippen molar-refractivity contribution < 1.29 is 19.1 Å². The highest BCUT2D eigenvalue weighted by molar-refractivity contribution is 7.15. The third-order valence-corrected chi connectivity index (χ3v) is 5.55. The zero-order valence-corrected chi connectivity index (χ0v) is 15.5. The van der Waals surface area contributed by atoms with E-state index in [0.29, 0.717) is 35.2 Å². The molecule has 1 aromatic carbocycles. The maximum absolute atomic E-state index is 12.5. The van der Waals surface area contributed by atoms with Crippen molar-refractivity contribution in [1.82, 2.24) is 15.1 Å². The molecule has 140 valence electrons. The van der Waals surface area contributed by atoms with Gasteiger partial charge in [-0.25, -0.2) is 0 Å². The number of methoxy groups -OCH3 is 1. The van der Waals surface area contributed by atoms with Gasteiger partial charge in [0, 0.05) is 31.7 Å². The van der Waals surface area contributed by atoms with Gasteiger partial charge in [0.2, 0.25) is 5.13 Å². The number of carbonyl (C=O) groups excluding carboxylic acids is 3. The largest absolute Gasteiger partial charge is 0.385 e. The molecule has 2 aliphatic rings. The monoisotopic (exact) mass is 386 g/mol. The summed E-state index contributed by atoms with van der Waals surface area (Å²) in [7, 11) is 1.57. The van der Waals surface area contributed by atoms with Crippen molar-refractivity contribution in [3.05, 3.63) is 39.9 Å². The topological polar surface area (TPSA) is 101 Å². The molecular weight excluding hydrogens is 368 g/mol. The van der Waals surface area contributed by atoms with Crippen LogP contribution in [-0.2, 0) is 4.74 Å². The van der Waals surface area contributed by atoms with Gasteiger partial charge in [-0.15, -0.1) is 10.2 Å².